The van der Waals surface area contributed by atoms with Crippen molar-refractivity contribution in [1.82, 2.24) is 9.97 Å². The van der Waals surface area contributed by atoms with E-state index >= 15 is 0 Å². The first-order chi connectivity index (χ1) is 33.7. The SMILES string of the molecule is [2H]c1c([2H])c([2H])c2c(-c3ccc4ccc5cccnc5c4n3)c([2H])c([2H])c(-c3cccc(-c4c(-c5ccccc5)sc(-c5ccc6ccc7cccc8ccc5c6c78)c4-c4ccccc4)c3)c2c1[2H]. The fourth-order valence-electron chi connectivity index (χ4n) is 9.54. The van der Waals surface area contributed by atoms with Gasteiger partial charge in [-0.05, 0) is 89.1 Å². The second kappa shape index (κ2) is 14.3. The number of nitrogens with zero attached hydrogens (tertiary/aromatic N) is 2. The van der Waals surface area contributed by atoms with E-state index < -0.39 is 12.1 Å². The van der Waals surface area contributed by atoms with E-state index in [0.29, 0.717) is 22.3 Å². The van der Waals surface area contributed by atoms with Crippen LogP contribution in [0.4, 0.5) is 0 Å². The van der Waals surface area contributed by atoms with Crippen LogP contribution in [0.15, 0.2) is 218 Å². The molecular formula is C60H36N2S. The first-order valence-electron chi connectivity index (χ1n) is 24.0. The van der Waals surface area contributed by atoms with E-state index in [1.807, 2.05) is 60.7 Å². The predicted molar refractivity (Wildman–Crippen MR) is 269 cm³/mol. The summed E-state index contributed by atoms with van der Waals surface area (Å²) in [6.07, 6.45) is 1.71. The Morgan fingerprint density at radius 2 is 0.968 bits per heavy atom. The van der Waals surface area contributed by atoms with Gasteiger partial charge in [0.25, 0.3) is 0 Å². The van der Waals surface area contributed by atoms with E-state index in [0.717, 1.165) is 53.9 Å². The Hall–Kier alpha value is -7.98. The summed E-state index contributed by atoms with van der Waals surface area (Å²) in [6.45, 7) is 0. The molecule has 0 aliphatic carbocycles. The van der Waals surface area contributed by atoms with Crippen molar-refractivity contribution in [2.45, 2.75) is 0 Å². The van der Waals surface area contributed by atoms with Crippen molar-refractivity contribution in [1.29, 1.82) is 0 Å². The predicted octanol–water partition coefficient (Wildman–Crippen LogP) is 16.9. The fourth-order valence-corrected chi connectivity index (χ4v) is 10.9. The van der Waals surface area contributed by atoms with Crippen molar-refractivity contribution < 1.29 is 8.22 Å². The van der Waals surface area contributed by atoms with Gasteiger partial charge in [-0.25, -0.2) is 4.98 Å². The summed E-state index contributed by atoms with van der Waals surface area (Å²) in [5.74, 6) is 0. The summed E-state index contributed by atoms with van der Waals surface area (Å²) in [6, 6.07) is 58.3. The molecule has 0 fully saturated rings. The maximum absolute atomic E-state index is 9.82. The number of pyridine rings is 2. The molecule has 0 saturated heterocycles. The van der Waals surface area contributed by atoms with Crippen molar-refractivity contribution >= 4 is 76.2 Å². The van der Waals surface area contributed by atoms with Gasteiger partial charge < -0.3 is 0 Å². The van der Waals surface area contributed by atoms with Crippen LogP contribution in [0.3, 0.4) is 0 Å². The van der Waals surface area contributed by atoms with Gasteiger partial charge in [-0.3, -0.25) is 4.98 Å². The average Bonchev–Trinajstić information content (AvgIpc) is 3.80. The Morgan fingerprint density at radius 1 is 0.381 bits per heavy atom. The Kier molecular flexibility index (Phi) is 6.84. The van der Waals surface area contributed by atoms with Crippen LogP contribution in [0.25, 0.3) is 130 Å². The van der Waals surface area contributed by atoms with Gasteiger partial charge in [-0.1, -0.05) is 194 Å². The van der Waals surface area contributed by atoms with Gasteiger partial charge in [-0.2, -0.15) is 0 Å². The van der Waals surface area contributed by atoms with Crippen LogP contribution in [-0.4, -0.2) is 9.97 Å². The highest BCUT2D eigenvalue weighted by Gasteiger charge is 2.25. The number of hydrogen-bond acceptors (Lipinski definition) is 3. The standard InChI is InChI=1S/C60H36N2S/c1-3-12-37(13-4-1)55-56(59(43-14-5-2-6-15-43)63-60(55)51-31-28-40-24-23-38-16-9-17-39-27-30-50(51)54(40)53(38)39)45-19-10-18-44(36-45)46-32-33-49(48-22-8-7-21-47(46)48)52-34-29-42-26-25-41-20-11-35-61-57(41)58(42)62-52/h1-36H/i7D,8D,21D,22D,32D,33D. The number of fused-ring (bicyclic) bond motifs is 4. The van der Waals surface area contributed by atoms with Gasteiger partial charge in [0.1, 0.15) is 0 Å². The van der Waals surface area contributed by atoms with Crippen LogP contribution in [0, 0.1) is 0 Å². The van der Waals surface area contributed by atoms with Gasteiger partial charge in [0.15, 0.2) is 0 Å². The lowest BCUT2D eigenvalue weighted by atomic mass is 9.87. The summed E-state index contributed by atoms with van der Waals surface area (Å²) in [4.78, 5) is 11.8. The van der Waals surface area contributed by atoms with Gasteiger partial charge >= 0.3 is 0 Å². The first kappa shape index (κ1) is 30.1. The molecule has 13 aromatic rings. The van der Waals surface area contributed by atoms with Gasteiger partial charge in [0, 0.05) is 49.0 Å². The number of hydrogen-bond donors (Lipinski definition) is 0. The second-order valence-electron chi connectivity index (χ2n) is 16.0. The minimum atomic E-state index is -0.420. The lowest BCUT2D eigenvalue weighted by Crippen LogP contribution is -1.91. The largest absolute Gasteiger partial charge is 0.254 e. The Bertz CT molecular complexity index is 4250. The van der Waals surface area contributed by atoms with Gasteiger partial charge in [0.05, 0.1) is 25.0 Å². The van der Waals surface area contributed by atoms with Crippen molar-refractivity contribution in [2.24, 2.45) is 0 Å². The summed E-state index contributed by atoms with van der Waals surface area (Å²) < 4.78 is 56.2. The summed E-state index contributed by atoms with van der Waals surface area (Å²) >= 11 is 1.75. The summed E-state index contributed by atoms with van der Waals surface area (Å²) in [7, 11) is 0. The van der Waals surface area contributed by atoms with Crippen LogP contribution in [0.2, 0.25) is 0 Å². The normalized spacial score (nSPS) is 13.1. The topological polar surface area (TPSA) is 25.8 Å². The third-order valence-electron chi connectivity index (χ3n) is 12.4. The van der Waals surface area contributed by atoms with Crippen LogP contribution in [0.5, 0.6) is 0 Å². The van der Waals surface area contributed by atoms with E-state index in [2.05, 4.69) is 114 Å². The van der Waals surface area contributed by atoms with Crippen molar-refractivity contribution in [3.8, 4) is 65.5 Å². The second-order valence-corrected chi connectivity index (χ2v) is 17.0. The fraction of sp³-hybridized carbons (Fsp3) is 0. The molecule has 3 aromatic heterocycles. The number of rotatable bonds is 6. The first-order valence-corrected chi connectivity index (χ1v) is 21.8. The Labute approximate surface area is 376 Å². The zero-order valence-corrected chi connectivity index (χ0v) is 34.4. The Balaban J connectivity index is 1.09. The molecule has 0 amide bonds. The van der Waals surface area contributed by atoms with Crippen LogP contribution < -0.4 is 0 Å². The minimum absolute atomic E-state index is 0.143. The van der Waals surface area contributed by atoms with Crippen molar-refractivity contribution in [2.75, 3.05) is 0 Å². The summed E-state index contributed by atoms with van der Waals surface area (Å²) in [5, 5.41) is 9.28. The molecule has 10 aromatic carbocycles. The molecule has 0 spiro atoms. The number of thiophene rings is 1. The van der Waals surface area contributed by atoms with E-state index in [9.17, 15) is 5.48 Å². The highest BCUT2D eigenvalue weighted by Crippen LogP contribution is 2.54. The molecule has 63 heavy (non-hydrogen) atoms. The maximum atomic E-state index is 9.82. The zero-order valence-electron chi connectivity index (χ0n) is 39.6. The molecule has 0 unspecified atom stereocenters. The molecule has 0 N–H and O–H groups in total. The zero-order chi connectivity index (χ0) is 46.7. The molecular weight excluding hydrogens is 781 g/mol. The quantitative estimate of drug-likeness (QED) is 0.156. The molecule has 0 aliphatic heterocycles. The molecule has 3 heteroatoms. The summed E-state index contributed by atoms with van der Waals surface area (Å²) in [5.41, 5.74) is 8.73. The maximum Gasteiger partial charge on any atom is 0.0972 e. The van der Waals surface area contributed by atoms with E-state index in [1.54, 1.807) is 23.6 Å². The van der Waals surface area contributed by atoms with Crippen LogP contribution >= 0.6 is 11.3 Å². The highest BCUT2D eigenvalue weighted by atomic mass is 32.1. The molecule has 292 valence electrons. The van der Waals surface area contributed by atoms with Gasteiger partial charge in [0.2, 0.25) is 0 Å². The minimum Gasteiger partial charge on any atom is -0.254 e. The van der Waals surface area contributed by atoms with Crippen LogP contribution in [-0.2, 0) is 0 Å². The number of benzene rings is 10. The molecule has 3 heterocycles. The monoisotopic (exact) mass is 822 g/mol. The molecule has 13 rings (SSSR count). The third kappa shape index (κ3) is 5.71. The van der Waals surface area contributed by atoms with Crippen LogP contribution in [0.1, 0.15) is 8.22 Å². The average molecular weight is 823 g/mol. The lowest BCUT2D eigenvalue weighted by molar-refractivity contribution is 1.37. The molecule has 0 aliphatic rings. The molecule has 0 atom stereocenters. The molecule has 0 bridgehead atoms. The molecule has 0 radical (unpaired) electrons. The van der Waals surface area contributed by atoms with E-state index in [1.165, 1.54) is 32.3 Å². The molecule has 0 saturated carbocycles. The Morgan fingerprint density at radius 3 is 1.78 bits per heavy atom. The number of aromatic nitrogens is 2. The highest BCUT2D eigenvalue weighted by molar-refractivity contribution is 7.20. The smallest absolute Gasteiger partial charge is 0.0972 e. The van der Waals surface area contributed by atoms with E-state index in [-0.39, 0.29) is 46.1 Å². The van der Waals surface area contributed by atoms with Crippen molar-refractivity contribution in [3.05, 3.63) is 218 Å². The van der Waals surface area contributed by atoms with Gasteiger partial charge in [-0.15, -0.1) is 11.3 Å². The lowest BCUT2D eigenvalue weighted by Gasteiger charge is -2.16. The van der Waals surface area contributed by atoms with E-state index in [4.69, 9.17) is 7.73 Å². The third-order valence-corrected chi connectivity index (χ3v) is 13.7. The molecule has 2 nitrogen and oxygen atoms in total. The van der Waals surface area contributed by atoms with Crippen molar-refractivity contribution in [3.63, 3.8) is 0 Å².